The number of ether oxygens (including phenoxy) is 1. The van der Waals surface area contributed by atoms with E-state index in [9.17, 15) is 9.59 Å². The van der Waals surface area contributed by atoms with Crippen LogP contribution in [0.1, 0.15) is 57.4 Å². The maximum absolute atomic E-state index is 11.8. The maximum Gasteiger partial charge on any atom is 0.407 e. The molecule has 0 unspecified atom stereocenters. The van der Waals surface area contributed by atoms with Crippen LogP contribution in [0.15, 0.2) is 0 Å². The summed E-state index contributed by atoms with van der Waals surface area (Å²) in [6.07, 6.45) is 2.72. The van der Waals surface area contributed by atoms with Gasteiger partial charge in [0.15, 0.2) is 0 Å². The SMILES string of the molecule is CC(C)(C)OC(=O)NCCCC(=O)Nc1nnc(C2CC2)s1. The molecule has 1 aliphatic carbocycles. The number of nitrogens with zero attached hydrogens (tertiary/aromatic N) is 2. The summed E-state index contributed by atoms with van der Waals surface area (Å²) >= 11 is 1.44. The highest BCUT2D eigenvalue weighted by Gasteiger charge is 2.27. The number of aromatic nitrogens is 2. The van der Waals surface area contributed by atoms with Crippen LogP contribution in [0.2, 0.25) is 0 Å². The standard InChI is InChI=1S/C14H22N4O3S/c1-14(2,3)21-13(20)15-8-4-5-10(19)16-12-18-17-11(22-12)9-6-7-9/h9H,4-8H2,1-3H3,(H,15,20)(H,16,18,19). The largest absolute Gasteiger partial charge is 0.444 e. The van der Waals surface area contributed by atoms with Crippen molar-refractivity contribution in [2.45, 2.75) is 58.0 Å². The van der Waals surface area contributed by atoms with Crippen LogP contribution in [0.3, 0.4) is 0 Å². The van der Waals surface area contributed by atoms with E-state index in [1.807, 2.05) is 0 Å². The lowest BCUT2D eigenvalue weighted by Gasteiger charge is -2.19. The molecule has 1 heterocycles. The summed E-state index contributed by atoms with van der Waals surface area (Å²) in [7, 11) is 0. The summed E-state index contributed by atoms with van der Waals surface area (Å²) in [5, 5.41) is 14.9. The molecule has 0 atom stereocenters. The average molecular weight is 326 g/mol. The summed E-state index contributed by atoms with van der Waals surface area (Å²) in [5.74, 6) is 0.422. The van der Waals surface area contributed by atoms with Crippen molar-refractivity contribution in [3.05, 3.63) is 5.01 Å². The van der Waals surface area contributed by atoms with Crippen molar-refractivity contribution < 1.29 is 14.3 Å². The molecule has 1 aromatic rings. The van der Waals surface area contributed by atoms with Gasteiger partial charge in [0, 0.05) is 18.9 Å². The number of anilines is 1. The second-order valence-corrected chi connectivity index (χ2v) is 7.31. The first kappa shape index (κ1) is 16.7. The number of alkyl carbamates (subject to hydrolysis) is 1. The summed E-state index contributed by atoms with van der Waals surface area (Å²) < 4.78 is 5.10. The molecule has 1 aromatic heterocycles. The van der Waals surface area contributed by atoms with Gasteiger partial charge in [-0.05, 0) is 40.0 Å². The second-order valence-electron chi connectivity index (χ2n) is 6.30. The molecule has 0 saturated heterocycles. The highest BCUT2D eigenvalue weighted by molar-refractivity contribution is 7.15. The van der Waals surface area contributed by atoms with Crippen molar-refractivity contribution in [1.82, 2.24) is 15.5 Å². The van der Waals surface area contributed by atoms with Gasteiger partial charge in [-0.2, -0.15) is 0 Å². The Morgan fingerprint density at radius 1 is 1.32 bits per heavy atom. The average Bonchev–Trinajstić information content (AvgIpc) is 3.14. The predicted molar refractivity (Wildman–Crippen MR) is 84.0 cm³/mol. The Kier molecular flexibility index (Phi) is 5.33. The van der Waals surface area contributed by atoms with Crippen molar-refractivity contribution in [3.63, 3.8) is 0 Å². The van der Waals surface area contributed by atoms with Crippen molar-refractivity contribution in [2.24, 2.45) is 0 Å². The molecular weight excluding hydrogens is 304 g/mol. The Balaban J connectivity index is 1.60. The van der Waals surface area contributed by atoms with Crippen molar-refractivity contribution in [1.29, 1.82) is 0 Å². The van der Waals surface area contributed by atoms with E-state index in [1.54, 1.807) is 20.8 Å². The van der Waals surface area contributed by atoms with E-state index in [0.717, 1.165) is 5.01 Å². The lowest BCUT2D eigenvalue weighted by atomic mass is 10.2. The van der Waals surface area contributed by atoms with Crippen LogP contribution in [0.4, 0.5) is 9.93 Å². The molecule has 0 spiro atoms. The van der Waals surface area contributed by atoms with E-state index in [-0.39, 0.29) is 5.91 Å². The van der Waals surface area contributed by atoms with E-state index in [2.05, 4.69) is 20.8 Å². The van der Waals surface area contributed by atoms with Crippen molar-refractivity contribution in [2.75, 3.05) is 11.9 Å². The highest BCUT2D eigenvalue weighted by Crippen LogP contribution is 2.42. The number of carbonyl (C=O) groups excluding carboxylic acids is 2. The van der Waals surface area contributed by atoms with Crippen molar-refractivity contribution in [3.8, 4) is 0 Å². The number of hydrogen-bond acceptors (Lipinski definition) is 6. The van der Waals surface area contributed by atoms with Crippen LogP contribution in [-0.4, -0.2) is 34.3 Å². The Bertz CT molecular complexity index is 534. The minimum absolute atomic E-state index is 0.121. The molecule has 2 rings (SSSR count). The van der Waals surface area contributed by atoms with Crippen LogP contribution in [0, 0.1) is 0 Å². The molecule has 22 heavy (non-hydrogen) atoms. The lowest BCUT2D eigenvalue weighted by molar-refractivity contribution is -0.116. The van der Waals surface area contributed by atoms with Crippen LogP contribution in [-0.2, 0) is 9.53 Å². The smallest absolute Gasteiger partial charge is 0.407 e. The summed E-state index contributed by atoms with van der Waals surface area (Å²) in [6.45, 7) is 5.81. The van der Waals surface area contributed by atoms with E-state index in [0.29, 0.717) is 30.4 Å². The fourth-order valence-electron chi connectivity index (χ4n) is 1.72. The maximum atomic E-state index is 11.8. The fraction of sp³-hybridized carbons (Fsp3) is 0.714. The second kappa shape index (κ2) is 7.04. The molecule has 1 saturated carbocycles. The normalized spacial score (nSPS) is 14.5. The zero-order valence-corrected chi connectivity index (χ0v) is 14.0. The minimum atomic E-state index is -0.515. The predicted octanol–water partition coefficient (Wildman–Crippen LogP) is 2.66. The van der Waals surface area contributed by atoms with Gasteiger partial charge in [0.2, 0.25) is 11.0 Å². The van der Waals surface area contributed by atoms with Gasteiger partial charge >= 0.3 is 6.09 Å². The third kappa shape index (κ3) is 5.97. The van der Waals surface area contributed by atoms with E-state index < -0.39 is 11.7 Å². The summed E-state index contributed by atoms with van der Waals surface area (Å²) in [4.78, 5) is 23.2. The topological polar surface area (TPSA) is 93.2 Å². The van der Waals surface area contributed by atoms with Gasteiger partial charge in [-0.15, -0.1) is 10.2 Å². The molecule has 0 aromatic carbocycles. The first-order valence-corrected chi connectivity index (χ1v) is 8.25. The first-order valence-electron chi connectivity index (χ1n) is 7.43. The Morgan fingerprint density at radius 3 is 2.68 bits per heavy atom. The van der Waals surface area contributed by atoms with Gasteiger partial charge in [-0.1, -0.05) is 11.3 Å². The molecule has 0 aliphatic heterocycles. The summed E-state index contributed by atoms with van der Waals surface area (Å²) in [6, 6.07) is 0. The van der Waals surface area contributed by atoms with Gasteiger partial charge in [0.1, 0.15) is 10.6 Å². The van der Waals surface area contributed by atoms with Crippen LogP contribution >= 0.6 is 11.3 Å². The Hall–Kier alpha value is -1.70. The molecule has 2 amide bonds. The third-order valence-electron chi connectivity index (χ3n) is 2.86. The van der Waals surface area contributed by atoms with Gasteiger partial charge in [0.05, 0.1) is 0 Å². The zero-order valence-electron chi connectivity index (χ0n) is 13.1. The zero-order chi connectivity index (χ0) is 16.2. The molecule has 122 valence electrons. The van der Waals surface area contributed by atoms with Gasteiger partial charge in [0.25, 0.3) is 0 Å². The minimum Gasteiger partial charge on any atom is -0.444 e. The molecule has 2 N–H and O–H groups in total. The fourth-order valence-corrected chi connectivity index (χ4v) is 2.64. The Labute approximate surface area is 133 Å². The molecule has 0 bridgehead atoms. The molecule has 0 radical (unpaired) electrons. The van der Waals surface area contributed by atoms with Gasteiger partial charge in [-0.3, -0.25) is 4.79 Å². The quantitative estimate of drug-likeness (QED) is 0.784. The Morgan fingerprint density at radius 2 is 2.05 bits per heavy atom. The number of rotatable bonds is 6. The molecular formula is C14H22N4O3S. The summed E-state index contributed by atoms with van der Waals surface area (Å²) in [5.41, 5.74) is -0.515. The highest BCUT2D eigenvalue weighted by atomic mass is 32.1. The van der Waals surface area contributed by atoms with Crippen molar-refractivity contribution >= 4 is 28.5 Å². The molecule has 8 heteroatoms. The number of amides is 2. The lowest BCUT2D eigenvalue weighted by Crippen LogP contribution is -2.33. The van der Waals surface area contributed by atoms with Gasteiger partial charge < -0.3 is 15.4 Å². The van der Waals surface area contributed by atoms with Crippen LogP contribution in [0.5, 0.6) is 0 Å². The molecule has 1 aliphatic rings. The number of carbonyl (C=O) groups is 2. The van der Waals surface area contributed by atoms with E-state index in [4.69, 9.17) is 4.74 Å². The van der Waals surface area contributed by atoms with Gasteiger partial charge in [-0.25, -0.2) is 4.79 Å². The van der Waals surface area contributed by atoms with Crippen LogP contribution < -0.4 is 10.6 Å². The first-order chi connectivity index (χ1) is 10.3. The molecule has 7 nitrogen and oxygen atoms in total. The third-order valence-corrected chi connectivity index (χ3v) is 3.86. The number of hydrogen-bond donors (Lipinski definition) is 2. The monoisotopic (exact) mass is 326 g/mol. The van der Waals surface area contributed by atoms with E-state index in [1.165, 1.54) is 24.2 Å². The number of nitrogens with one attached hydrogen (secondary N) is 2. The molecule has 1 fully saturated rings. The van der Waals surface area contributed by atoms with E-state index >= 15 is 0 Å². The van der Waals surface area contributed by atoms with Crippen LogP contribution in [0.25, 0.3) is 0 Å².